The monoisotopic (exact) mass is 392 g/mol. The summed E-state index contributed by atoms with van der Waals surface area (Å²) in [6.07, 6.45) is 0. The van der Waals surface area contributed by atoms with Gasteiger partial charge in [0, 0.05) is 28.1 Å². The summed E-state index contributed by atoms with van der Waals surface area (Å²) < 4.78 is 32.8. The van der Waals surface area contributed by atoms with Gasteiger partial charge < -0.3 is 4.74 Å². The van der Waals surface area contributed by atoms with Crippen LogP contribution < -0.4 is 4.74 Å². The van der Waals surface area contributed by atoms with Gasteiger partial charge in [-0.15, -0.1) is 0 Å². The average molecular weight is 393 g/mol. The van der Waals surface area contributed by atoms with Crippen molar-refractivity contribution >= 4 is 23.4 Å². The quantitative estimate of drug-likeness (QED) is 0.387. The van der Waals surface area contributed by atoms with E-state index in [0.717, 1.165) is 17.7 Å². The predicted octanol–water partition coefficient (Wildman–Crippen LogP) is 6.11. The molecule has 26 heavy (non-hydrogen) atoms. The van der Waals surface area contributed by atoms with Crippen LogP contribution in [0.4, 0.5) is 8.78 Å². The van der Waals surface area contributed by atoms with E-state index in [0.29, 0.717) is 27.5 Å². The van der Waals surface area contributed by atoms with Crippen LogP contribution in [-0.4, -0.2) is 9.97 Å². The van der Waals surface area contributed by atoms with Gasteiger partial charge in [0.25, 0.3) is 0 Å². The predicted molar refractivity (Wildman–Crippen MR) is 99.0 cm³/mol. The summed E-state index contributed by atoms with van der Waals surface area (Å²) in [5.74, 6) is 0.263. The van der Waals surface area contributed by atoms with Crippen LogP contribution in [0.25, 0.3) is 0 Å². The fourth-order valence-electron chi connectivity index (χ4n) is 2.23. The summed E-state index contributed by atoms with van der Waals surface area (Å²) in [6, 6.07) is 10.4. The molecule has 0 saturated carbocycles. The van der Waals surface area contributed by atoms with Gasteiger partial charge in [-0.25, -0.2) is 13.8 Å². The Kier molecular flexibility index (Phi) is 5.74. The second-order valence-electron chi connectivity index (χ2n) is 5.67. The lowest BCUT2D eigenvalue weighted by Gasteiger charge is -2.09. The van der Waals surface area contributed by atoms with E-state index in [1.807, 2.05) is 19.9 Å². The molecular formula is C19H15ClF2N2OS. The molecule has 0 radical (unpaired) electrons. The minimum atomic E-state index is -0.478. The van der Waals surface area contributed by atoms with Crippen LogP contribution in [0.1, 0.15) is 16.8 Å². The minimum Gasteiger partial charge on any atom is -0.439 e. The molecule has 0 atom stereocenters. The Bertz CT molecular complexity index is 953. The van der Waals surface area contributed by atoms with Crippen molar-refractivity contribution in [2.45, 2.75) is 24.8 Å². The van der Waals surface area contributed by atoms with Gasteiger partial charge >= 0.3 is 0 Å². The van der Waals surface area contributed by atoms with Crippen LogP contribution in [-0.2, 0) is 5.75 Å². The number of hydrogen-bond donors (Lipinski definition) is 0. The van der Waals surface area contributed by atoms with E-state index in [-0.39, 0.29) is 11.3 Å². The number of halogens is 3. The highest BCUT2D eigenvalue weighted by Crippen LogP contribution is 2.28. The molecule has 0 saturated heterocycles. The van der Waals surface area contributed by atoms with Crippen LogP contribution >= 0.6 is 23.4 Å². The normalized spacial score (nSPS) is 10.8. The van der Waals surface area contributed by atoms with Crippen molar-refractivity contribution in [3.63, 3.8) is 0 Å². The molecule has 7 heteroatoms. The third kappa shape index (κ3) is 4.71. The maximum Gasteiger partial charge on any atom is 0.223 e. The summed E-state index contributed by atoms with van der Waals surface area (Å²) >= 11 is 7.23. The van der Waals surface area contributed by atoms with Crippen molar-refractivity contribution < 1.29 is 13.5 Å². The lowest BCUT2D eigenvalue weighted by molar-refractivity contribution is 0.454. The van der Waals surface area contributed by atoms with E-state index in [2.05, 4.69) is 9.97 Å². The summed E-state index contributed by atoms with van der Waals surface area (Å²) in [5, 5.41) is 1.08. The van der Waals surface area contributed by atoms with Gasteiger partial charge in [-0.3, -0.25) is 0 Å². The molecule has 0 N–H and O–H groups in total. The van der Waals surface area contributed by atoms with Crippen LogP contribution in [0.5, 0.6) is 11.6 Å². The van der Waals surface area contributed by atoms with Gasteiger partial charge in [-0.05, 0) is 55.8 Å². The van der Waals surface area contributed by atoms with Crippen LogP contribution in [0.2, 0.25) is 5.02 Å². The van der Waals surface area contributed by atoms with Crippen LogP contribution in [0.15, 0.2) is 47.6 Å². The van der Waals surface area contributed by atoms with Gasteiger partial charge in [0.05, 0.1) is 0 Å². The van der Waals surface area contributed by atoms with Gasteiger partial charge in [0.1, 0.15) is 17.4 Å². The molecule has 134 valence electrons. The molecule has 0 spiro atoms. The lowest BCUT2D eigenvalue weighted by atomic mass is 10.2. The number of nitrogens with zero attached hydrogens (tertiary/aromatic N) is 2. The highest BCUT2D eigenvalue weighted by Gasteiger charge is 2.09. The number of benzene rings is 2. The summed E-state index contributed by atoms with van der Waals surface area (Å²) in [5.41, 5.74) is 1.87. The zero-order valence-electron chi connectivity index (χ0n) is 14.1. The maximum atomic E-state index is 13.7. The van der Waals surface area contributed by atoms with Crippen molar-refractivity contribution in [2.24, 2.45) is 0 Å². The molecule has 1 heterocycles. The maximum absolute atomic E-state index is 13.7. The fourth-order valence-corrected chi connectivity index (χ4v) is 3.21. The first-order valence-corrected chi connectivity index (χ1v) is 9.13. The zero-order chi connectivity index (χ0) is 18.7. The standard InChI is InChI=1S/C19H15ClF2N2OS/c1-11-7-15(4-5-16(11)20)25-18-8-12(2)23-19(24-18)26-10-13-9-14(21)3-6-17(13)22/h3-9H,10H2,1-2H3. The topological polar surface area (TPSA) is 35.0 Å². The molecular weight excluding hydrogens is 378 g/mol. The minimum absolute atomic E-state index is 0.215. The van der Waals surface area contributed by atoms with E-state index < -0.39 is 11.6 Å². The summed E-state index contributed by atoms with van der Waals surface area (Å²) in [6.45, 7) is 3.70. The largest absolute Gasteiger partial charge is 0.439 e. The Balaban J connectivity index is 1.76. The smallest absolute Gasteiger partial charge is 0.223 e. The number of aromatic nitrogens is 2. The Morgan fingerprint density at radius 2 is 1.85 bits per heavy atom. The van der Waals surface area contributed by atoms with Gasteiger partial charge in [-0.2, -0.15) is 4.98 Å². The van der Waals surface area contributed by atoms with Crippen molar-refractivity contribution in [3.8, 4) is 11.6 Å². The van der Waals surface area contributed by atoms with Crippen molar-refractivity contribution in [1.82, 2.24) is 9.97 Å². The fraction of sp³-hybridized carbons (Fsp3) is 0.158. The molecule has 1 aromatic heterocycles. The SMILES string of the molecule is Cc1cc(Oc2ccc(Cl)c(C)c2)nc(SCc2cc(F)ccc2F)n1. The lowest BCUT2D eigenvalue weighted by Crippen LogP contribution is -1.96. The molecule has 3 nitrogen and oxygen atoms in total. The Hall–Kier alpha value is -2.18. The highest BCUT2D eigenvalue weighted by molar-refractivity contribution is 7.98. The Morgan fingerprint density at radius 3 is 2.62 bits per heavy atom. The van der Waals surface area contributed by atoms with Crippen molar-refractivity contribution in [2.75, 3.05) is 0 Å². The van der Waals surface area contributed by atoms with E-state index >= 15 is 0 Å². The average Bonchev–Trinajstić information content (AvgIpc) is 2.58. The van der Waals surface area contributed by atoms with E-state index in [1.165, 1.54) is 17.8 Å². The molecule has 3 rings (SSSR count). The summed E-state index contributed by atoms with van der Waals surface area (Å²) in [7, 11) is 0. The summed E-state index contributed by atoms with van der Waals surface area (Å²) in [4.78, 5) is 8.64. The zero-order valence-corrected chi connectivity index (χ0v) is 15.7. The molecule has 0 aliphatic carbocycles. The first kappa shape index (κ1) is 18.6. The number of thioether (sulfide) groups is 1. The first-order valence-electron chi connectivity index (χ1n) is 7.77. The van der Waals surface area contributed by atoms with E-state index in [1.54, 1.807) is 18.2 Å². The third-order valence-electron chi connectivity index (χ3n) is 3.53. The van der Waals surface area contributed by atoms with E-state index in [9.17, 15) is 8.78 Å². The van der Waals surface area contributed by atoms with Gasteiger partial charge in [-0.1, -0.05) is 23.4 Å². The molecule has 0 aliphatic heterocycles. The third-order valence-corrected chi connectivity index (χ3v) is 4.85. The Labute approximate surface area is 159 Å². The molecule has 0 bridgehead atoms. The second kappa shape index (κ2) is 8.01. The van der Waals surface area contributed by atoms with E-state index in [4.69, 9.17) is 16.3 Å². The molecule has 0 unspecified atom stereocenters. The number of aryl methyl sites for hydroxylation is 2. The number of hydrogen-bond acceptors (Lipinski definition) is 4. The first-order chi connectivity index (χ1) is 12.4. The molecule has 0 amide bonds. The van der Waals surface area contributed by atoms with Crippen LogP contribution in [0.3, 0.4) is 0 Å². The molecule has 3 aromatic rings. The molecule has 0 aliphatic rings. The number of ether oxygens (including phenoxy) is 1. The molecule has 0 fully saturated rings. The highest BCUT2D eigenvalue weighted by atomic mass is 35.5. The van der Waals surface area contributed by atoms with Gasteiger partial charge in [0.15, 0.2) is 5.16 Å². The van der Waals surface area contributed by atoms with Crippen LogP contribution in [0, 0.1) is 25.5 Å². The van der Waals surface area contributed by atoms with Gasteiger partial charge in [0.2, 0.25) is 5.88 Å². The second-order valence-corrected chi connectivity index (χ2v) is 7.02. The number of rotatable bonds is 5. The molecule has 2 aromatic carbocycles. The van der Waals surface area contributed by atoms with Crippen molar-refractivity contribution in [1.29, 1.82) is 0 Å². The van der Waals surface area contributed by atoms with Crippen molar-refractivity contribution in [3.05, 3.63) is 75.9 Å². The Morgan fingerprint density at radius 1 is 1.04 bits per heavy atom.